The fourth-order valence-corrected chi connectivity index (χ4v) is 3.14. The summed E-state index contributed by atoms with van der Waals surface area (Å²) in [7, 11) is -6.09. The van der Waals surface area contributed by atoms with Gasteiger partial charge in [0.25, 0.3) is 0 Å². The van der Waals surface area contributed by atoms with E-state index in [1.165, 1.54) is 18.2 Å². The van der Waals surface area contributed by atoms with Crippen LogP contribution in [-0.2, 0) is 10.1 Å². The van der Waals surface area contributed by atoms with Crippen LogP contribution in [0.2, 0.25) is 0 Å². The first-order chi connectivity index (χ1) is 10.8. The lowest BCUT2D eigenvalue weighted by Crippen LogP contribution is -3.69. The lowest BCUT2D eigenvalue weighted by atomic mass is 10.4. The zero-order chi connectivity index (χ0) is 20.3. The van der Waals surface area contributed by atoms with Crippen molar-refractivity contribution < 1.29 is 78.1 Å². The van der Waals surface area contributed by atoms with Gasteiger partial charge in [-0.05, 0) is 12.1 Å². The quantitative estimate of drug-likeness (QED) is 0.190. The van der Waals surface area contributed by atoms with Crippen LogP contribution in [0.1, 0.15) is 0 Å². The second-order valence-electron chi connectivity index (χ2n) is 3.86. The van der Waals surface area contributed by atoms with Crippen LogP contribution in [0.5, 0.6) is 0 Å². The van der Waals surface area contributed by atoms with Crippen molar-refractivity contribution in [1.29, 1.82) is 0 Å². The predicted octanol–water partition coefficient (Wildman–Crippen LogP) is 0.787. The van der Waals surface area contributed by atoms with E-state index in [0.717, 1.165) is 12.1 Å². The van der Waals surface area contributed by atoms with Gasteiger partial charge in [0.1, 0.15) is 0 Å². The van der Waals surface area contributed by atoms with Crippen LogP contribution >= 0.6 is 0 Å². The Morgan fingerprint density at radius 2 is 1.08 bits per heavy atom. The Morgan fingerprint density at radius 3 is 1.32 bits per heavy atom. The summed E-state index contributed by atoms with van der Waals surface area (Å²) >= 11 is -2.92. The van der Waals surface area contributed by atoms with Gasteiger partial charge in [0.15, 0.2) is 13.7 Å². The molecule has 1 aromatic rings. The molecule has 0 fully saturated rings. The molecule has 0 saturated carbocycles. The first kappa shape index (κ1) is 24.2. The Labute approximate surface area is 144 Å². The molecule has 0 radical (unpaired) electrons. The van der Waals surface area contributed by atoms with Crippen LogP contribution in [0.4, 0.5) is 43.9 Å². The smallest absolute Gasteiger partial charge is 0.490 e. The van der Waals surface area contributed by atoms with Gasteiger partial charge in [0.05, 0.1) is 0 Å². The average Bonchev–Trinajstić information content (AvgIpc) is 2.35. The van der Waals surface area contributed by atoms with Crippen LogP contribution in [0.25, 0.3) is 0 Å². The van der Waals surface area contributed by atoms with Crippen molar-refractivity contribution in [3.8, 4) is 0 Å². The molecule has 0 heterocycles. The van der Waals surface area contributed by atoms with E-state index in [1.807, 2.05) is 0 Å². The highest BCUT2D eigenvalue weighted by atomic mass is 127. The molecule has 3 nitrogen and oxygen atoms in total. The van der Waals surface area contributed by atoms with Crippen molar-refractivity contribution in [2.75, 3.05) is 0 Å². The Kier molecular flexibility index (Phi) is 7.55. The summed E-state index contributed by atoms with van der Waals surface area (Å²) in [4.78, 5) is 0. The Bertz CT molecular complexity index is 636. The number of alkyl halides is 11. The molecule has 1 aromatic carbocycles. The van der Waals surface area contributed by atoms with Gasteiger partial charge in [-0.3, -0.25) is 0 Å². The Balaban J connectivity index is 0.000000609. The monoisotopic (exact) mass is 522 g/mol. The molecule has 0 saturated heterocycles. The Hall–Kier alpha value is -0.840. The van der Waals surface area contributed by atoms with Crippen molar-refractivity contribution in [3.63, 3.8) is 0 Å². The maximum Gasteiger partial charge on any atom is 0.490 e. The number of benzene rings is 1. The van der Waals surface area contributed by atoms with E-state index < -0.39 is 52.9 Å². The molecular formula is C10H5F10IO3S. The van der Waals surface area contributed by atoms with Crippen molar-refractivity contribution in [3.05, 3.63) is 33.9 Å². The second-order valence-corrected chi connectivity index (χ2v) is 8.50. The van der Waals surface area contributed by atoms with Crippen molar-refractivity contribution in [2.24, 2.45) is 0 Å². The minimum atomic E-state index is -6.09. The van der Waals surface area contributed by atoms with E-state index >= 15 is 0 Å². The summed E-state index contributed by atoms with van der Waals surface area (Å²) in [5, 5.41) is 0. The summed E-state index contributed by atoms with van der Waals surface area (Å²) in [6.45, 7) is 0. The van der Waals surface area contributed by atoms with Gasteiger partial charge in [-0.15, -0.1) is 0 Å². The van der Waals surface area contributed by atoms with Gasteiger partial charge in [0.2, 0.25) is 0 Å². The fourth-order valence-electron chi connectivity index (χ4n) is 0.896. The lowest BCUT2D eigenvalue weighted by molar-refractivity contribution is -0.789. The van der Waals surface area contributed by atoms with Crippen LogP contribution in [0.3, 0.4) is 0 Å². The van der Waals surface area contributed by atoms with Gasteiger partial charge >= 0.3 is 42.7 Å². The van der Waals surface area contributed by atoms with Gasteiger partial charge in [-0.1, -0.05) is 18.2 Å². The summed E-state index contributed by atoms with van der Waals surface area (Å²) < 4.78 is 140. The van der Waals surface area contributed by atoms with Gasteiger partial charge in [-0.2, -0.15) is 43.9 Å². The minimum Gasteiger partial charge on any atom is -0.741 e. The van der Waals surface area contributed by atoms with Gasteiger partial charge in [-0.25, -0.2) is 8.42 Å². The third kappa shape index (κ3) is 6.76. The number of halogens is 11. The van der Waals surface area contributed by atoms with Crippen molar-refractivity contribution >= 4 is 10.1 Å². The third-order valence-electron chi connectivity index (χ3n) is 1.97. The second kappa shape index (κ2) is 7.81. The zero-order valence-corrected chi connectivity index (χ0v) is 14.2. The van der Waals surface area contributed by atoms with Crippen LogP contribution < -0.4 is 21.2 Å². The van der Waals surface area contributed by atoms with Gasteiger partial charge < -0.3 is 4.55 Å². The van der Waals surface area contributed by atoms with Crippen LogP contribution in [0.15, 0.2) is 30.3 Å². The first-order valence-corrected chi connectivity index (χ1v) is 8.95. The molecule has 1 rings (SSSR count). The topological polar surface area (TPSA) is 57.2 Å². The molecule has 0 aliphatic rings. The molecule has 146 valence electrons. The summed E-state index contributed by atoms with van der Waals surface area (Å²) in [6, 6.07) is 6.07. The first-order valence-electron chi connectivity index (χ1n) is 5.38. The number of hydrogen-bond acceptors (Lipinski definition) is 3. The molecule has 0 aliphatic heterocycles. The molecule has 0 bridgehead atoms. The fraction of sp³-hybridized carbons (Fsp3) is 0.400. The summed E-state index contributed by atoms with van der Waals surface area (Å²) in [6.07, 6.45) is -11.9. The number of hydrogen-bond donors (Lipinski definition) is 0. The highest BCUT2D eigenvalue weighted by molar-refractivity contribution is 7.86. The van der Waals surface area contributed by atoms with E-state index in [9.17, 15) is 43.9 Å². The molecular weight excluding hydrogens is 517 g/mol. The third-order valence-corrected chi connectivity index (χ3v) is 5.84. The highest BCUT2D eigenvalue weighted by Crippen LogP contribution is 2.39. The predicted molar refractivity (Wildman–Crippen MR) is 56.8 cm³/mol. The molecule has 25 heavy (non-hydrogen) atoms. The summed E-state index contributed by atoms with van der Waals surface area (Å²) in [5.74, 6) is 0. The zero-order valence-electron chi connectivity index (χ0n) is 11.2. The molecule has 15 heteroatoms. The molecule has 0 aliphatic carbocycles. The normalized spacial score (nSPS) is 13.9. The van der Waals surface area contributed by atoms with E-state index in [1.54, 1.807) is 0 Å². The molecule has 0 amide bonds. The van der Waals surface area contributed by atoms with E-state index in [0.29, 0.717) is 0 Å². The maximum absolute atomic E-state index is 13.3. The van der Waals surface area contributed by atoms with Crippen LogP contribution in [-0.4, -0.2) is 34.5 Å². The SMILES string of the molecule is FC(F)(F)C(F)([I+]c1ccccc1)C(F)(F)F.O=S(=O)([O-])C(F)(F)F. The van der Waals surface area contributed by atoms with Gasteiger partial charge in [0, 0.05) is 0 Å². The molecule has 0 N–H and O–H groups in total. The van der Waals surface area contributed by atoms with E-state index in [-0.39, 0.29) is 3.57 Å². The van der Waals surface area contributed by atoms with E-state index in [2.05, 4.69) is 0 Å². The Morgan fingerprint density at radius 1 is 0.760 bits per heavy atom. The molecule has 0 spiro atoms. The highest BCUT2D eigenvalue weighted by Gasteiger charge is 2.83. The van der Waals surface area contributed by atoms with Crippen molar-refractivity contribution in [2.45, 2.75) is 21.5 Å². The average molecular weight is 522 g/mol. The minimum absolute atomic E-state index is 0.261. The van der Waals surface area contributed by atoms with Crippen molar-refractivity contribution in [1.82, 2.24) is 0 Å². The van der Waals surface area contributed by atoms with E-state index in [4.69, 9.17) is 13.0 Å². The molecule has 0 unspecified atom stereocenters. The van der Waals surface area contributed by atoms with Crippen LogP contribution in [0, 0.1) is 3.57 Å². The summed E-state index contributed by atoms with van der Waals surface area (Å²) in [5.41, 5.74) is -5.65. The molecule has 0 atom stereocenters. The standard InChI is InChI=1S/C9H5F7I.CHF3O3S/c10-7(8(11,12)13,9(14,15)16)17-6-4-2-1-3-5-6;2-1(3,4)8(5,6)7/h1-5H;(H,5,6,7)/q+1;/p-1. The lowest BCUT2D eigenvalue weighted by Gasteiger charge is -2.19. The maximum atomic E-state index is 13.3. The molecule has 0 aromatic heterocycles. The number of rotatable bonds is 2. The largest absolute Gasteiger partial charge is 0.741 e.